The van der Waals surface area contributed by atoms with Crippen molar-refractivity contribution in [1.29, 1.82) is 0 Å². The number of Topliss-reactive ketones (excluding diaryl/α,β-unsaturated/α-hetero) is 1. The maximum atomic E-state index is 12.7. The van der Waals surface area contributed by atoms with E-state index in [4.69, 9.17) is 9.47 Å². The van der Waals surface area contributed by atoms with Gasteiger partial charge >= 0.3 is 0 Å². The molecule has 1 heterocycles. The number of nitrogens with zero attached hydrogens (tertiary/aromatic N) is 3. The van der Waals surface area contributed by atoms with Crippen molar-refractivity contribution in [1.82, 2.24) is 14.8 Å². The van der Waals surface area contributed by atoms with Crippen LogP contribution in [0.5, 0.6) is 11.5 Å². The van der Waals surface area contributed by atoms with E-state index in [0.717, 1.165) is 11.4 Å². The van der Waals surface area contributed by atoms with Gasteiger partial charge in [-0.1, -0.05) is 23.9 Å². The van der Waals surface area contributed by atoms with Gasteiger partial charge in [-0.15, -0.1) is 10.2 Å². The smallest absolute Gasteiger partial charge is 0.196 e. The fourth-order valence-electron chi connectivity index (χ4n) is 2.50. The second kappa shape index (κ2) is 8.05. The van der Waals surface area contributed by atoms with Crippen LogP contribution in [0.4, 0.5) is 0 Å². The molecule has 0 aliphatic heterocycles. The van der Waals surface area contributed by atoms with Crippen molar-refractivity contribution in [3.8, 4) is 17.2 Å². The van der Waals surface area contributed by atoms with Crippen molar-refractivity contribution in [2.75, 3.05) is 14.2 Å². The first kappa shape index (κ1) is 18.0. The van der Waals surface area contributed by atoms with Crippen molar-refractivity contribution in [3.63, 3.8) is 0 Å². The highest BCUT2D eigenvalue weighted by Gasteiger charge is 2.20. The molecule has 0 spiro atoms. The van der Waals surface area contributed by atoms with E-state index >= 15 is 0 Å². The van der Waals surface area contributed by atoms with Crippen LogP contribution in [0.3, 0.4) is 0 Å². The van der Waals surface area contributed by atoms with Crippen molar-refractivity contribution >= 4 is 17.5 Å². The van der Waals surface area contributed by atoms with Crippen LogP contribution in [0.1, 0.15) is 17.3 Å². The normalized spacial score (nSPS) is 11.8. The summed E-state index contributed by atoms with van der Waals surface area (Å²) in [7, 11) is 3.21. The van der Waals surface area contributed by atoms with Gasteiger partial charge < -0.3 is 9.47 Å². The zero-order valence-corrected chi connectivity index (χ0v) is 15.6. The third kappa shape index (κ3) is 3.72. The highest BCUT2D eigenvalue weighted by Crippen LogP contribution is 2.30. The molecule has 0 amide bonds. The Morgan fingerprint density at radius 3 is 2.50 bits per heavy atom. The summed E-state index contributed by atoms with van der Waals surface area (Å²) < 4.78 is 12.4. The number of ketones is 1. The van der Waals surface area contributed by atoms with Gasteiger partial charge in [0.15, 0.2) is 10.9 Å². The molecular formula is C19H19N3O3S. The molecule has 0 saturated carbocycles. The monoisotopic (exact) mass is 369 g/mol. The summed E-state index contributed by atoms with van der Waals surface area (Å²) in [5, 5.41) is 8.46. The van der Waals surface area contributed by atoms with Gasteiger partial charge in [-0.05, 0) is 43.3 Å². The molecule has 3 rings (SSSR count). The number of benzene rings is 2. The van der Waals surface area contributed by atoms with Crippen molar-refractivity contribution in [2.45, 2.75) is 17.3 Å². The van der Waals surface area contributed by atoms with E-state index in [1.54, 1.807) is 44.8 Å². The zero-order valence-electron chi connectivity index (χ0n) is 14.7. The highest BCUT2D eigenvalue weighted by molar-refractivity contribution is 8.00. The van der Waals surface area contributed by atoms with Gasteiger partial charge in [0.2, 0.25) is 0 Å². The van der Waals surface area contributed by atoms with Gasteiger partial charge in [-0.2, -0.15) is 0 Å². The summed E-state index contributed by atoms with van der Waals surface area (Å²) in [4.78, 5) is 12.7. The van der Waals surface area contributed by atoms with Crippen molar-refractivity contribution < 1.29 is 14.3 Å². The average molecular weight is 369 g/mol. The van der Waals surface area contributed by atoms with E-state index in [9.17, 15) is 4.79 Å². The van der Waals surface area contributed by atoms with Gasteiger partial charge in [0.05, 0.1) is 25.2 Å². The predicted octanol–water partition coefficient (Wildman–Crippen LogP) is 3.65. The van der Waals surface area contributed by atoms with Gasteiger partial charge in [-0.3, -0.25) is 9.36 Å². The SMILES string of the molecule is COc1ccc(C(=O)[C@@H](C)Sc2nncn2-c2ccccc2OC)cc1. The number of thioether (sulfide) groups is 1. The number of aromatic nitrogens is 3. The molecule has 0 N–H and O–H groups in total. The number of para-hydroxylation sites is 2. The number of carbonyl (C=O) groups is 1. The standard InChI is InChI=1S/C19H19N3O3S/c1-13(18(23)14-8-10-15(24-2)11-9-14)26-19-21-20-12-22(19)16-6-4-5-7-17(16)25-3/h4-13H,1-3H3/t13-/m1/s1. The third-order valence-corrected chi connectivity index (χ3v) is 4.94. The van der Waals surface area contributed by atoms with Crippen LogP contribution in [-0.2, 0) is 0 Å². The molecule has 0 saturated heterocycles. The lowest BCUT2D eigenvalue weighted by Gasteiger charge is -2.13. The number of carbonyl (C=O) groups excluding carboxylic acids is 1. The second-order valence-corrected chi connectivity index (χ2v) is 6.82. The Morgan fingerprint density at radius 2 is 1.81 bits per heavy atom. The minimum Gasteiger partial charge on any atom is -0.497 e. The molecule has 2 aromatic carbocycles. The maximum absolute atomic E-state index is 12.7. The lowest BCUT2D eigenvalue weighted by atomic mass is 10.1. The Kier molecular flexibility index (Phi) is 5.58. The van der Waals surface area contributed by atoms with Crippen LogP contribution in [0.2, 0.25) is 0 Å². The molecule has 0 fully saturated rings. The Labute approximate surface area is 156 Å². The van der Waals surface area contributed by atoms with E-state index in [2.05, 4.69) is 10.2 Å². The first-order chi connectivity index (χ1) is 12.6. The van der Waals surface area contributed by atoms with Crippen molar-refractivity contribution in [2.24, 2.45) is 0 Å². The first-order valence-electron chi connectivity index (χ1n) is 8.02. The lowest BCUT2D eigenvalue weighted by molar-refractivity contribution is 0.0994. The third-order valence-electron chi connectivity index (χ3n) is 3.89. The Balaban J connectivity index is 1.81. The topological polar surface area (TPSA) is 66.2 Å². The van der Waals surface area contributed by atoms with Gasteiger partial charge in [-0.25, -0.2) is 0 Å². The van der Waals surface area contributed by atoms with Crippen molar-refractivity contribution in [3.05, 3.63) is 60.4 Å². The predicted molar refractivity (Wildman–Crippen MR) is 101 cm³/mol. The minimum absolute atomic E-state index is 0.0206. The summed E-state index contributed by atoms with van der Waals surface area (Å²) in [6, 6.07) is 14.7. The summed E-state index contributed by atoms with van der Waals surface area (Å²) in [6.07, 6.45) is 1.62. The summed E-state index contributed by atoms with van der Waals surface area (Å²) >= 11 is 1.36. The molecule has 1 aromatic heterocycles. The largest absolute Gasteiger partial charge is 0.497 e. The van der Waals surface area contributed by atoms with E-state index in [1.165, 1.54) is 11.8 Å². The zero-order chi connectivity index (χ0) is 18.5. The number of ether oxygens (including phenoxy) is 2. The van der Waals surface area contributed by atoms with Gasteiger partial charge in [0.25, 0.3) is 0 Å². The second-order valence-electron chi connectivity index (χ2n) is 5.51. The van der Waals surface area contributed by atoms with Crippen LogP contribution in [0.15, 0.2) is 60.0 Å². The van der Waals surface area contributed by atoms with Crippen LogP contribution >= 0.6 is 11.8 Å². The summed E-state index contributed by atoms with van der Waals surface area (Å²) in [5.41, 5.74) is 1.46. The number of methoxy groups -OCH3 is 2. The van der Waals surface area contributed by atoms with Crippen LogP contribution in [0, 0.1) is 0 Å². The van der Waals surface area contributed by atoms with E-state index < -0.39 is 0 Å². The minimum atomic E-state index is -0.318. The molecular weight excluding hydrogens is 350 g/mol. The molecule has 0 unspecified atom stereocenters. The average Bonchev–Trinajstić information content (AvgIpc) is 3.15. The molecule has 7 heteroatoms. The van der Waals surface area contributed by atoms with E-state index in [1.807, 2.05) is 35.8 Å². The van der Waals surface area contributed by atoms with E-state index in [0.29, 0.717) is 16.5 Å². The number of hydrogen-bond acceptors (Lipinski definition) is 6. The Bertz CT molecular complexity index is 893. The molecule has 26 heavy (non-hydrogen) atoms. The van der Waals surface area contributed by atoms with Crippen LogP contribution < -0.4 is 9.47 Å². The summed E-state index contributed by atoms with van der Waals surface area (Å²) in [5.74, 6) is 1.45. The molecule has 0 aliphatic carbocycles. The molecule has 1 atom stereocenters. The fourth-order valence-corrected chi connectivity index (χ4v) is 3.41. The summed E-state index contributed by atoms with van der Waals surface area (Å²) in [6.45, 7) is 1.86. The van der Waals surface area contributed by atoms with Crippen LogP contribution in [0.25, 0.3) is 5.69 Å². The molecule has 0 aliphatic rings. The Hall–Kier alpha value is -2.80. The fraction of sp³-hybridized carbons (Fsp3) is 0.211. The molecule has 3 aromatic rings. The first-order valence-corrected chi connectivity index (χ1v) is 8.90. The number of hydrogen-bond donors (Lipinski definition) is 0. The Morgan fingerprint density at radius 1 is 1.08 bits per heavy atom. The van der Waals surface area contributed by atoms with Gasteiger partial charge in [0, 0.05) is 5.56 Å². The molecule has 134 valence electrons. The molecule has 0 bridgehead atoms. The van der Waals surface area contributed by atoms with Crippen LogP contribution in [-0.4, -0.2) is 40.0 Å². The number of rotatable bonds is 7. The quantitative estimate of drug-likeness (QED) is 0.468. The van der Waals surface area contributed by atoms with E-state index in [-0.39, 0.29) is 11.0 Å². The maximum Gasteiger partial charge on any atom is 0.196 e. The highest BCUT2D eigenvalue weighted by atomic mass is 32.2. The van der Waals surface area contributed by atoms with Gasteiger partial charge in [0.1, 0.15) is 17.8 Å². The molecule has 0 radical (unpaired) electrons. The lowest BCUT2D eigenvalue weighted by Crippen LogP contribution is -2.14. The molecule has 6 nitrogen and oxygen atoms in total.